The Morgan fingerprint density at radius 3 is 2.66 bits per heavy atom. The molecule has 1 fully saturated rings. The van der Waals surface area contributed by atoms with Crippen LogP contribution in [0.1, 0.15) is 17.4 Å². The first-order chi connectivity index (χ1) is 14.2. The fraction of sp³-hybridized carbons (Fsp3) is 0.364. The molecule has 0 N–H and O–H groups in total. The van der Waals surface area contributed by atoms with Gasteiger partial charge < -0.3 is 9.64 Å². The second kappa shape index (κ2) is 9.07. The normalized spacial score (nSPS) is 17.2. The largest absolute Gasteiger partial charge is 0.369 e. The van der Waals surface area contributed by atoms with E-state index in [9.17, 15) is 0 Å². The molecule has 3 heterocycles. The minimum absolute atomic E-state index is 0.114. The van der Waals surface area contributed by atoms with Gasteiger partial charge in [-0.15, -0.1) is 0 Å². The Balaban J connectivity index is 1.56. The highest BCUT2D eigenvalue weighted by Gasteiger charge is 2.26. The molecule has 1 aliphatic heterocycles. The van der Waals surface area contributed by atoms with Crippen molar-refractivity contribution in [2.75, 3.05) is 45.2 Å². The molecular weight excluding hydrogens is 364 g/mol. The first-order valence-corrected chi connectivity index (χ1v) is 9.88. The average Bonchev–Trinajstić information content (AvgIpc) is 2.79. The summed E-state index contributed by atoms with van der Waals surface area (Å²) < 4.78 is 6.15. The molecule has 0 amide bonds. The highest BCUT2D eigenvalue weighted by atomic mass is 16.5. The monoisotopic (exact) mass is 390 g/mol. The molecule has 1 aromatic carbocycles. The third-order valence-electron chi connectivity index (χ3n) is 5.09. The molecule has 29 heavy (non-hydrogen) atoms. The van der Waals surface area contributed by atoms with Crippen LogP contribution in [-0.2, 0) is 11.2 Å². The molecule has 7 nitrogen and oxygen atoms in total. The summed E-state index contributed by atoms with van der Waals surface area (Å²) in [6, 6.07) is 10.6. The molecule has 0 saturated carbocycles. The Morgan fingerprint density at radius 2 is 1.90 bits per heavy atom. The summed E-state index contributed by atoms with van der Waals surface area (Å²) in [4.78, 5) is 22.0. The van der Waals surface area contributed by atoms with Gasteiger partial charge >= 0.3 is 0 Å². The van der Waals surface area contributed by atoms with Gasteiger partial charge in [0.1, 0.15) is 12.4 Å². The lowest BCUT2D eigenvalue weighted by Crippen LogP contribution is -2.40. The fourth-order valence-corrected chi connectivity index (χ4v) is 3.51. The van der Waals surface area contributed by atoms with Crippen molar-refractivity contribution in [1.82, 2.24) is 24.8 Å². The van der Waals surface area contributed by atoms with Gasteiger partial charge in [0.05, 0.1) is 12.3 Å². The first-order valence-electron chi connectivity index (χ1n) is 9.88. The number of benzene rings is 1. The third-order valence-corrected chi connectivity index (χ3v) is 5.09. The second-order valence-corrected chi connectivity index (χ2v) is 7.39. The minimum Gasteiger partial charge on any atom is -0.369 e. The van der Waals surface area contributed by atoms with Gasteiger partial charge in [0.25, 0.3) is 0 Å². The van der Waals surface area contributed by atoms with Gasteiger partial charge in [0, 0.05) is 63.4 Å². The lowest BCUT2D eigenvalue weighted by molar-refractivity contribution is -0.0313. The van der Waals surface area contributed by atoms with Crippen molar-refractivity contribution in [3.05, 3.63) is 66.5 Å². The van der Waals surface area contributed by atoms with Crippen LogP contribution in [-0.4, -0.2) is 65.2 Å². The summed E-state index contributed by atoms with van der Waals surface area (Å²) in [5.41, 5.74) is 4.07. The summed E-state index contributed by atoms with van der Waals surface area (Å²) >= 11 is 0. The Hall–Kier alpha value is -2.90. The van der Waals surface area contributed by atoms with Crippen LogP contribution in [0, 0.1) is 0 Å². The Kier molecular flexibility index (Phi) is 6.07. The van der Waals surface area contributed by atoms with Gasteiger partial charge in [0.15, 0.2) is 0 Å². The van der Waals surface area contributed by atoms with E-state index in [-0.39, 0.29) is 6.10 Å². The summed E-state index contributed by atoms with van der Waals surface area (Å²) in [5, 5.41) is 0. The molecule has 3 aromatic rings. The molecule has 1 atom stereocenters. The molecule has 0 bridgehead atoms. The number of anilines is 1. The van der Waals surface area contributed by atoms with Crippen molar-refractivity contribution in [3.8, 4) is 11.1 Å². The third kappa shape index (κ3) is 4.75. The van der Waals surface area contributed by atoms with Crippen LogP contribution in [0.15, 0.2) is 55.2 Å². The summed E-state index contributed by atoms with van der Waals surface area (Å²) in [6.07, 6.45) is 7.88. The molecule has 1 saturated heterocycles. The number of aromatic nitrogens is 4. The molecule has 4 rings (SSSR count). The predicted molar refractivity (Wildman–Crippen MR) is 113 cm³/mol. The van der Waals surface area contributed by atoms with E-state index in [0.29, 0.717) is 12.6 Å². The van der Waals surface area contributed by atoms with Crippen LogP contribution in [0.4, 0.5) is 5.95 Å². The highest BCUT2D eigenvalue weighted by Crippen LogP contribution is 2.30. The maximum atomic E-state index is 6.15. The highest BCUT2D eigenvalue weighted by molar-refractivity contribution is 5.64. The number of hydrogen-bond donors (Lipinski definition) is 0. The Labute approximate surface area is 171 Å². The maximum Gasteiger partial charge on any atom is 0.225 e. The van der Waals surface area contributed by atoms with E-state index < -0.39 is 0 Å². The van der Waals surface area contributed by atoms with Crippen molar-refractivity contribution >= 4 is 5.95 Å². The van der Waals surface area contributed by atoms with E-state index in [0.717, 1.165) is 42.9 Å². The zero-order valence-electron chi connectivity index (χ0n) is 16.9. The molecule has 1 aliphatic rings. The molecule has 150 valence electrons. The smallest absolute Gasteiger partial charge is 0.225 e. The molecular formula is C22H26N6O. The van der Waals surface area contributed by atoms with Gasteiger partial charge in [-0.3, -0.25) is 4.90 Å². The summed E-state index contributed by atoms with van der Waals surface area (Å²) in [5.74, 6) is 0.672. The van der Waals surface area contributed by atoms with Crippen LogP contribution in [0.5, 0.6) is 0 Å². The van der Waals surface area contributed by atoms with Crippen molar-refractivity contribution in [2.45, 2.75) is 12.5 Å². The molecule has 7 heteroatoms. The van der Waals surface area contributed by atoms with Gasteiger partial charge in [-0.1, -0.05) is 30.3 Å². The van der Waals surface area contributed by atoms with Crippen LogP contribution < -0.4 is 4.90 Å². The summed E-state index contributed by atoms with van der Waals surface area (Å²) in [6.45, 7) is 3.42. The Morgan fingerprint density at radius 1 is 1.10 bits per heavy atom. The van der Waals surface area contributed by atoms with Crippen LogP contribution in [0.25, 0.3) is 11.1 Å². The van der Waals surface area contributed by atoms with Crippen LogP contribution in [0.3, 0.4) is 0 Å². The Bertz CT molecular complexity index is 919. The molecule has 0 aliphatic carbocycles. The molecule has 0 radical (unpaired) electrons. The topological polar surface area (TPSA) is 67.3 Å². The number of hydrogen-bond acceptors (Lipinski definition) is 7. The van der Waals surface area contributed by atoms with Crippen LogP contribution >= 0.6 is 0 Å². The maximum absolute atomic E-state index is 6.15. The van der Waals surface area contributed by atoms with Crippen LogP contribution in [0.2, 0.25) is 0 Å². The molecule has 2 aromatic heterocycles. The van der Waals surface area contributed by atoms with Crippen molar-refractivity contribution < 1.29 is 4.74 Å². The zero-order chi connectivity index (χ0) is 20.1. The number of morpholine rings is 1. The average molecular weight is 390 g/mol. The van der Waals surface area contributed by atoms with E-state index >= 15 is 0 Å². The van der Waals surface area contributed by atoms with Gasteiger partial charge in [-0.05, 0) is 12.0 Å². The van der Waals surface area contributed by atoms with Gasteiger partial charge in [-0.2, -0.15) is 0 Å². The van der Waals surface area contributed by atoms with E-state index in [4.69, 9.17) is 9.72 Å². The van der Waals surface area contributed by atoms with E-state index in [2.05, 4.69) is 50.2 Å². The number of rotatable bonds is 6. The van der Waals surface area contributed by atoms with Crippen molar-refractivity contribution in [3.63, 3.8) is 0 Å². The summed E-state index contributed by atoms with van der Waals surface area (Å²) in [7, 11) is 3.89. The van der Waals surface area contributed by atoms with E-state index in [1.165, 1.54) is 11.9 Å². The quantitative estimate of drug-likeness (QED) is 0.641. The van der Waals surface area contributed by atoms with Crippen molar-refractivity contribution in [1.29, 1.82) is 0 Å². The standard InChI is InChI=1S/C22H26N6O/c1-27(2)22-25-14-19(18-12-23-16-24-13-18)21(26-22)20-15-28(10-11-29-20)9-8-17-6-4-3-5-7-17/h3-7,12-14,16,20H,8-11,15H2,1-2H3/t20-/m0/s1. The first kappa shape index (κ1) is 19.4. The van der Waals surface area contributed by atoms with E-state index in [1.54, 1.807) is 12.4 Å². The fourth-order valence-electron chi connectivity index (χ4n) is 3.51. The number of ether oxygens (including phenoxy) is 1. The molecule has 0 spiro atoms. The zero-order valence-corrected chi connectivity index (χ0v) is 16.9. The lowest BCUT2D eigenvalue weighted by atomic mass is 10.0. The predicted octanol–water partition coefficient (Wildman–Crippen LogP) is 2.62. The lowest BCUT2D eigenvalue weighted by Gasteiger charge is -2.33. The second-order valence-electron chi connectivity index (χ2n) is 7.39. The SMILES string of the molecule is CN(C)c1ncc(-c2cncnc2)c([C@@H]2CN(CCc3ccccc3)CCO2)n1. The van der Waals surface area contributed by atoms with E-state index in [1.807, 2.05) is 25.2 Å². The van der Waals surface area contributed by atoms with Crippen molar-refractivity contribution in [2.24, 2.45) is 0 Å². The number of nitrogens with zero attached hydrogens (tertiary/aromatic N) is 6. The molecule has 0 unspecified atom stereocenters. The van der Waals surface area contributed by atoms with Gasteiger partial charge in [0.2, 0.25) is 5.95 Å². The van der Waals surface area contributed by atoms with Gasteiger partial charge in [-0.25, -0.2) is 19.9 Å². The minimum atomic E-state index is -0.114.